The minimum atomic E-state index is -0.142. The molecule has 18 heavy (non-hydrogen) atoms. The number of aryl methyl sites for hydroxylation is 1. The van der Waals surface area contributed by atoms with Gasteiger partial charge in [-0.3, -0.25) is 4.79 Å². The Morgan fingerprint density at radius 1 is 1.67 bits per heavy atom. The standard InChI is InChI=1S/C13H15N3OS/c1-3-4-6-15-12(17)11-10(14)9-8(2)5-7-16-13(9)18-11/h3,5,7H,1,4,6,14H2,2H3,(H,15,17). The van der Waals surface area contributed by atoms with Crippen molar-refractivity contribution in [1.29, 1.82) is 0 Å². The maximum Gasteiger partial charge on any atom is 0.263 e. The zero-order valence-electron chi connectivity index (χ0n) is 10.2. The second kappa shape index (κ2) is 5.18. The van der Waals surface area contributed by atoms with Gasteiger partial charge >= 0.3 is 0 Å². The molecule has 0 radical (unpaired) electrons. The fraction of sp³-hybridized carbons (Fsp3) is 0.231. The molecule has 0 atom stereocenters. The zero-order chi connectivity index (χ0) is 13.1. The van der Waals surface area contributed by atoms with Crippen LogP contribution in [0, 0.1) is 6.92 Å². The van der Waals surface area contributed by atoms with E-state index in [9.17, 15) is 4.79 Å². The Bertz CT molecular complexity index is 604. The molecule has 3 N–H and O–H groups in total. The topological polar surface area (TPSA) is 68.0 Å². The Labute approximate surface area is 110 Å². The van der Waals surface area contributed by atoms with Gasteiger partial charge in [0.15, 0.2) is 0 Å². The maximum absolute atomic E-state index is 12.0. The molecule has 0 aliphatic rings. The number of nitrogens with two attached hydrogens (primary N) is 1. The van der Waals surface area contributed by atoms with E-state index in [0.717, 1.165) is 22.2 Å². The molecular weight excluding hydrogens is 246 g/mol. The van der Waals surface area contributed by atoms with Crippen molar-refractivity contribution < 1.29 is 4.79 Å². The van der Waals surface area contributed by atoms with Crippen LogP contribution < -0.4 is 11.1 Å². The van der Waals surface area contributed by atoms with Gasteiger partial charge < -0.3 is 11.1 Å². The van der Waals surface area contributed by atoms with Crippen molar-refractivity contribution in [1.82, 2.24) is 10.3 Å². The Kier molecular flexibility index (Phi) is 3.62. The summed E-state index contributed by atoms with van der Waals surface area (Å²) in [6.07, 6.45) is 4.24. The van der Waals surface area contributed by atoms with Crippen molar-refractivity contribution in [2.75, 3.05) is 12.3 Å². The fourth-order valence-electron chi connectivity index (χ4n) is 1.74. The number of nitrogen functional groups attached to an aromatic ring is 1. The Balaban J connectivity index is 2.34. The number of rotatable bonds is 4. The highest BCUT2D eigenvalue weighted by Crippen LogP contribution is 2.34. The number of fused-ring (bicyclic) bond motifs is 1. The van der Waals surface area contributed by atoms with E-state index in [1.54, 1.807) is 12.3 Å². The lowest BCUT2D eigenvalue weighted by Crippen LogP contribution is -2.23. The monoisotopic (exact) mass is 261 g/mol. The number of carbonyl (C=O) groups excluding carboxylic acids is 1. The molecule has 1 amide bonds. The van der Waals surface area contributed by atoms with Crippen molar-refractivity contribution in [3.63, 3.8) is 0 Å². The van der Waals surface area contributed by atoms with Crippen LogP contribution in [0.2, 0.25) is 0 Å². The van der Waals surface area contributed by atoms with E-state index in [2.05, 4.69) is 16.9 Å². The van der Waals surface area contributed by atoms with E-state index in [4.69, 9.17) is 5.73 Å². The predicted octanol–water partition coefficient (Wildman–Crippen LogP) is 2.49. The number of carbonyl (C=O) groups is 1. The number of nitrogens with one attached hydrogen (secondary N) is 1. The largest absolute Gasteiger partial charge is 0.397 e. The van der Waals surface area contributed by atoms with Gasteiger partial charge in [0.05, 0.1) is 5.69 Å². The van der Waals surface area contributed by atoms with E-state index >= 15 is 0 Å². The average Bonchev–Trinajstić information content (AvgIpc) is 2.68. The summed E-state index contributed by atoms with van der Waals surface area (Å²) in [7, 11) is 0. The SMILES string of the molecule is C=CCCNC(=O)c1sc2nccc(C)c2c1N. The van der Waals surface area contributed by atoms with Crippen LogP contribution in [0.3, 0.4) is 0 Å². The minimum absolute atomic E-state index is 0.142. The molecule has 0 aliphatic carbocycles. The van der Waals surface area contributed by atoms with Gasteiger partial charge in [0.1, 0.15) is 9.71 Å². The molecule has 0 bridgehead atoms. The molecule has 0 saturated heterocycles. The number of hydrogen-bond donors (Lipinski definition) is 2. The molecule has 0 aromatic carbocycles. The second-order valence-electron chi connectivity index (χ2n) is 3.99. The molecule has 2 heterocycles. The summed E-state index contributed by atoms with van der Waals surface area (Å²) in [5.41, 5.74) is 7.60. The molecule has 0 spiro atoms. The number of pyridine rings is 1. The molecule has 0 fully saturated rings. The molecule has 94 valence electrons. The van der Waals surface area contributed by atoms with E-state index in [1.165, 1.54) is 11.3 Å². The first-order valence-electron chi connectivity index (χ1n) is 5.67. The van der Waals surface area contributed by atoms with Crippen molar-refractivity contribution >= 4 is 33.1 Å². The lowest BCUT2D eigenvalue weighted by Gasteiger charge is -2.02. The van der Waals surface area contributed by atoms with Crippen molar-refractivity contribution in [2.45, 2.75) is 13.3 Å². The second-order valence-corrected chi connectivity index (χ2v) is 4.99. The maximum atomic E-state index is 12.0. The first-order valence-corrected chi connectivity index (χ1v) is 6.49. The van der Waals surface area contributed by atoms with Gasteiger partial charge in [-0.25, -0.2) is 4.98 Å². The fourth-order valence-corrected chi connectivity index (χ4v) is 2.80. The van der Waals surface area contributed by atoms with Crippen LogP contribution in [-0.4, -0.2) is 17.4 Å². The van der Waals surface area contributed by atoms with Gasteiger partial charge in [-0.2, -0.15) is 0 Å². The summed E-state index contributed by atoms with van der Waals surface area (Å²) in [4.78, 5) is 17.6. The highest BCUT2D eigenvalue weighted by molar-refractivity contribution is 7.21. The molecular formula is C13H15N3OS. The number of anilines is 1. The zero-order valence-corrected chi connectivity index (χ0v) is 11.0. The summed E-state index contributed by atoms with van der Waals surface area (Å²) < 4.78 is 0. The van der Waals surface area contributed by atoms with Crippen LogP contribution in [-0.2, 0) is 0 Å². The third-order valence-corrected chi connectivity index (χ3v) is 3.79. The smallest absolute Gasteiger partial charge is 0.263 e. The van der Waals surface area contributed by atoms with Crippen LogP contribution in [0.25, 0.3) is 10.2 Å². The summed E-state index contributed by atoms with van der Waals surface area (Å²) >= 11 is 1.33. The molecule has 2 aromatic heterocycles. The van der Waals surface area contributed by atoms with Gasteiger partial charge in [0.25, 0.3) is 5.91 Å². The normalized spacial score (nSPS) is 10.5. The average molecular weight is 261 g/mol. The van der Waals surface area contributed by atoms with Crippen LogP contribution in [0.5, 0.6) is 0 Å². The van der Waals surface area contributed by atoms with Gasteiger partial charge in [-0.15, -0.1) is 17.9 Å². The molecule has 0 unspecified atom stereocenters. The van der Waals surface area contributed by atoms with E-state index in [-0.39, 0.29) is 5.91 Å². The first kappa shape index (κ1) is 12.6. The first-order chi connectivity index (χ1) is 8.65. The minimum Gasteiger partial charge on any atom is -0.397 e. The Morgan fingerprint density at radius 3 is 3.11 bits per heavy atom. The van der Waals surface area contributed by atoms with Gasteiger partial charge in [0.2, 0.25) is 0 Å². The number of nitrogens with zero attached hydrogens (tertiary/aromatic N) is 1. The van der Waals surface area contributed by atoms with Gasteiger partial charge in [-0.05, 0) is 25.0 Å². The number of hydrogen-bond acceptors (Lipinski definition) is 4. The molecule has 0 aliphatic heterocycles. The van der Waals surface area contributed by atoms with Crippen molar-refractivity contribution in [3.05, 3.63) is 35.4 Å². The van der Waals surface area contributed by atoms with E-state index in [1.807, 2.05) is 13.0 Å². The predicted molar refractivity (Wildman–Crippen MR) is 75.9 cm³/mol. The van der Waals surface area contributed by atoms with E-state index < -0.39 is 0 Å². The van der Waals surface area contributed by atoms with Crippen LogP contribution >= 0.6 is 11.3 Å². The highest BCUT2D eigenvalue weighted by atomic mass is 32.1. The Hall–Kier alpha value is -1.88. The number of amides is 1. The number of thiophene rings is 1. The Morgan fingerprint density at radius 2 is 2.44 bits per heavy atom. The molecule has 4 nitrogen and oxygen atoms in total. The summed E-state index contributed by atoms with van der Waals surface area (Å²) in [5.74, 6) is -0.142. The molecule has 5 heteroatoms. The summed E-state index contributed by atoms with van der Waals surface area (Å²) in [6.45, 7) is 6.15. The summed E-state index contributed by atoms with van der Waals surface area (Å²) in [5, 5.41) is 3.70. The van der Waals surface area contributed by atoms with Gasteiger partial charge in [0, 0.05) is 18.1 Å². The van der Waals surface area contributed by atoms with Gasteiger partial charge in [-0.1, -0.05) is 6.08 Å². The lowest BCUT2D eigenvalue weighted by atomic mass is 10.2. The summed E-state index contributed by atoms with van der Waals surface area (Å²) in [6, 6.07) is 1.89. The van der Waals surface area contributed by atoms with Crippen molar-refractivity contribution in [2.24, 2.45) is 0 Å². The molecule has 2 aromatic rings. The van der Waals surface area contributed by atoms with E-state index in [0.29, 0.717) is 17.1 Å². The highest BCUT2D eigenvalue weighted by Gasteiger charge is 2.17. The van der Waals surface area contributed by atoms with Crippen molar-refractivity contribution in [3.8, 4) is 0 Å². The van der Waals surface area contributed by atoms with Crippen LogP contribution in [0.1, 0.15) is 21.7 Å². The number of aromatic nitrogens is 1. The molecule has 0 saturated carbocycles. The molecule has 2 rings (SSSR count). The van der Waals surface area contributed by atoms with Crippen LogP contribution in [0.4, 0.5) is 5.69 Å². The van der Waals surface area contributed by atoms with Crippen LogP contribution in [0.15, 0.2) is 24.9 Å². The third kappa shape index (κ3) is 2.22. The third-order valence-electron chi connectivity index (χ3n) is 2.68. The lowest BCUT2D eigenvalue weighted by molar-refractivity contribution is 0.0959. The quantitative estimate of drug-likeness (QED) is 0.656.